The first-order valence-electron chi connectivity index (χ1n) is 8.77. The van der Waals surface area contributed by atoms with E-state index in [0.717, 1.165) is 37.7 Å². The summed E-state index contributed by atoms with van der Waals surface area (Å²) in [6.45, 7) is 2.31. The number of piperidine rings is 1. The van der Waals surface area contributed by atoms with E-state index in [9.17, 15) is 9.59 Å². The Labute approximate surface area is 146 Å². The van der Waals surface area contributed by atoms with E-state index >= 15 is 0 Å². The van der Waals surface area contributed by atoms with Crippen molar-refractivity contribution in [2.75, 3.05) is 31.1 Å². The summed E-state index contributed by atoms with van der Waals surface area (Å²) in [6, 6.07) is 8.32. The molecule has 2 aliphatic heterocycles. The Morgan fingerprint density at radius 3 is 2.68 bits per heavy atom. The molecule has 2 fully saturated rings. The summed E-state index contributed by atoms with van der Waals surface area (Å²) in [7, 11) is 0. The molecule has 130 valence electrons. The number of fused-ring (bicyclic) bond motifs is 1. The molecule has 2 saturated heterocycles. The molecule has 0 atom stereocenters. The lowest BCUT2D eigenvalue weighted by Gasteiger charge is -2.34. The number of pyridine rings is 1. The number of aromatic nitrogens is 1. The average molecular weight is 339 g/mol. The van der Waals surface area contributed by atoms with Gasteiger partial charge in [0.1, 0.15) is 0 Å². The van der Waals surface area contributed by atoms with Crippen LogP contribution < -0.4 is 4.90 Å². The van der Waals surface area contributed by atoms with Crippen molar-refractivity contribution in [3.05, 3.63) is 36.7 Å². The number of benzene rings is 1. The zero-order valence-corrected chi connectivity index (χ0v) is 14.1. The lowest BCUT2D eigenvalue weighted by atomic mass is 9.93. The van der Waals surface area contributed by atoms with Gasteiger partial charge in [-0.25, -0.2) is 9.69 Å². The fourth-order valence-electron chi connectivity index (χ4n) is 3.72. The number of ether oxygens (including phenoxy) is 1. The SMILES string of the molecule is O=C1COC(=O)N1CCC1CCN(c2cncc3ccccc23)CC1. The summed E-state index contributed by atoms with van der Waals surface area (Å²) >= 11 is 0. The molecule has 0 saturated carbocycles. The fourth-order valence-corrected chi connectivity index (χ4v) is 3.72. The lowest BCUT2D eigenvalue weighted by Crippen LogP contribution is -2.36. The van der Waals surface area contributed by atoms with Crippen molar-refractivity contribution < 1.29 is 14.3 Å². The molecule has 3 heterocycles. The number of nitrogens with zero attached hydrogens (tertiary/aromatic N) is 3. The maximum absolute atomic E-state index is 11.6. The number of rotatable bonds is 4. The van der Waals surface area contributed by atoms with Crippen LogP contribution in [0.3, 0.4) is 0 Å². The van der Waals surface area contributed by atoms with Gasteiger partial charge in [-0.05, 0) is 25.2 Å². The second-order valence-electron chi connectivity index (χ2n) is 6.70. The number of hydrogen-bond acceptors (Lipinski definition) is 5. The van der Waals surface area contributed by atoms with E-state index in [4.69, 9.17) is 4.74 Å². The molecule has 0 aliphatic carbocycles. The minimum absolute atomic E-state index is 0.106. The molecule has 0 N–H and O–H groups in total. The Balaban J connectivity index is 1.37. The lowest BCUT2D eigenvalue weighted by molar-refractivity contribution is -0.126. The third-order valence-corrected chi connectivity index (χ3v) is 5.20. The molecule has 2 amide bonds. The average Bonchev–Trinajstić information content (AvgIpc) is 2.98. The third kappa shape index (κ3) is 3.16. The van der Waals surface area contributed by atoms with Gasteiger partial charge in [0.2, 0.25) is 0 Å². The van der Waals surface area contributed by atoms with Gasteiger partial charge in [0.05, 0.1) is 11.9 Å². The molecule has 0 spiro atoms. The highest BCUT2D eigenvalue weighted by Gasteiger charge is 2.31. The summed E-state index contributed by atoms with van der Waals surface area (Å²) in [4.78, 5) is 31.1. The predicted octanol–water partition coefficient (Wildman–Crippen LogP) is 2.82. The highest BCUT2D eigenvalue weighted by Crippen LogP contribution is 2.30. The van der Waals surface area contributed by atoms with Crippen molar-refractivity contribution in [1.29, 1.82) is 0 Å². The molecular weight excluding hydrogens is 318 g/mol. The predicted molar refractivity (Wildman–Crippen MR) is 94.4 cm³/mol. The van der Waals surface area contributed by atoms with E-state index in [-0.39, 0.29) is 12.5 Å². The Hall–Kier alpha value is -2.63. The first-order chi connectivity index (χ1) is 12.2. The Morgan fingerprint density at radius 1 is 1.12 bits per heavy atom. The van der Waals surface area contributed by atoms with Crippen LogP contribution >= 0.6 is 0 Å². The topological polar surface area (TPSA) is 62.7 Å². The van der Waals surface area contributed by atoms with E-state index < -0.39 is 6.09 Å². The summed E-state index contributed by atoms with van der Waals surface area (Å²) in [6.07, 6.45) is 6.31. The number of carbonyl (C=O) groups is 2. The highest BCUT2D eigenvalue weighted by molar-refractivity contribution is 5.97. The van der Waals surface area contributed by atoms with E-state index in [1.54, 1.807) is 0 Å². The molecule has 2 aliphatic rings. The Morgan fingerprint density at radius 2 is 1.92 bits per heavy atom. The van der Waals surface area contributed by atoms with Crippen LogP contribution in [0.1, 0.15) is 19.3 Å². The van der Waals surface area contributed by atoms with Gasteiger partial charge in [0.25, 0.3) is 5.91 Å². The molecule has 1 aromatic heterocycles. The van der Waals surface area contributed by atoms with Crippen LogP contribution in [0.5, 0.6) is 0 Å². The van der Waals surface area contributed by atoms with Crippen molar-refractivity contribution >= 4 is 28.5 Å². The van der Waals surface area contributed by atoms with Gasteiger partial charge < -0.3 is 9.64 Å². The van der Waals surface area contributed by atoms with E-state index in [1.165, 1.54) is 16.0 Å². The molecular formula is C19H21N3O3. The number of carbonyl (C=O) groups excluding carboxylic acids is 2. The van der Waals surface area contributed by atoms with Gasteiger partial charge >= 0.3 is 6.09 Å². The van der Waals surface area contributed by atoms with E-state index in [2.05, 4.69) is 28.1 Å². The standard InChI is InChI=1S/C19H21N3O3/c23-18-13-25-19(24)22(18)10-7-14-5-8-21(9-6-14)17-12-20-11-15-3-1-2-4-16(15)17/h1-4,11-12,14H,5-10,13H2. The zero-order chi connectivity index (χ0) is 17.2. The van der Waals surface area contributed by atoms with Gasteiger partial charge in [-0.1, -0.05) is 24.3 Å². The molecule has 0 unspecified atom stereocenters. The van der Waals surface area contributed by atoms with Crippen molar-refractivity contribution in [2.24, 2.45) is 5.92 Å². The van der Waals surface area contributed by atoms with Crippen LogP contribution in [0.4, 0.5) is 10.5 Å². The molecule has 25 heavy (non-hydrogen) atoms. The molecule has 6 heteroatoms. The van der Waals surface area contributed by atoms with Crippen molar-refractivity contribution in [1.82, 2.24) is 9.88 Å². The molecule has 2 aromatic rings. The monoisotopic (exact) mass is 339 g/mol. The van der Waals surface area contributed by atoms with Gasteiger partial charge in [0, 0.05) is 36.6 Å². The molecule has 4 rings (SSSR count). The number of imide groups is 1. The maximum Gasteiger partial charge on any atom is 0.417 e. The van der Waals surface area contributed by atoms with Crippen LogP contribution in [0.25, 0.3) is 10.8 Å². The second kappa shape index (κ2) is 6.70. The molecule has 0 bridgehead atoms. The van der Waals surface area contributed by atoms with Gasteiger partial charge in [-0.2, -0.15) is 0 Å². The smallest absolute Gasteiger partial charge is 0.417 e. The van der Waals surface area contributed by atoms with Crippen molar-refractivity contribution in [3.63, 3.8) is 0 Å². The van der Waals surface area contributed by atoms with E-state index in [0.29, 0.717) is 12.5 Å². The molecule has 6 nitrogen and oxygen atoms in total. The fraction of sp³-hybridized carbons (Fsp3) is 0.421. The normalized spacial score (nSPS) is 18.9. The summed E-state index contributed by atoms with van der Waals surface area (Å²) in [5.41, 5.74) is 1.19. The van der Waals surface area contributed by atoms with Crippen LogP contribution in [0.2, 0.25) is 0 Å². The highest BCUT2D eigenvalue weighted by atomic mass is 16.6. The zero-order valence-electron chi connectivity index (χ0n) is 14.1. The largest absolute Gasteiger partial charge is 0.439 e. The van der Waals surface area contributed by atoms with Crippen molar-refractivity contribution in [3.8, 4) is 0 Å². The van der Waals surface area contributed by atoms with Crippen LogP contribution in [-0.2, 0) is 9.53 Å². The first kappa shape index (κ1) is 15.9. The van der Waals surface area contributed by atoms with Gasteiger partial charge in [0.15, 0.2) is 6.61 Å². The summed E-state index contributed by atoms with van der Waals surface area (Å²) in [5, 5.41) is 2.40. The van der Waals surface area contributed by atoms with Gasteiger partial charge in [-0.15, -0.1) is 0 Å². The third-order valence-electron chi connectivity index (χ3n) is 5.20. The minimum Gasteiger partial charge on any atom is -0.439 e. The number of hydrogen-bond donors (Lipinski definition) is 0. The van der Waals surface area contributed by atoms with Crippen LogP contribution in [0, 0.1) is 5.92 Å². The minimum atomic E-state index is -0.496. The Kier molecular flexibility index (Phi) is 4.26. The van der Waals surface area contributed by atoms with Crippen molar-refractivity contribution in [2.45, 2.75) is 19.3 Å². The first-order valence-corrected chi connectivity index (χ1v) is 8.77. The quantitative estimate of drug-likeness (QED) is 0.857. The Bertz CT molecular complexity index is 778. The number of anilines is 1. The number of amides is 2. The molecule has 1 aromatic carbocycles. The van der Waals surface area contributed by atoms with E-state index in [1.807, 2.05) is 18.5 Å². The number of cyclic esters (lactones) is 1. The van der Waals surface area contributed by atoms with Crippen LogP contribution in [0.15, 0.2) is 36.7 Å². The molecule has 0 radical (unpaired) electrons. The van der Waals surface area contributed by atoms with Crippen LogP contribution in [-0.4, -0.2) is 48.1 Å². The second-order valence-corrected chi connectivity index (χ2v) is 6.70. The maximum atomic E-state index is 11.6. The summed E-state index contributed by atoms with van der Waals surface area (Å²) in [5.74, 6) is 0.310. The summed E-state index contributed by atoms with van der Waals surface area (Å²) < 4.78 is 4.76. The van der Waals surface area contributed by atoms with Gasteiger partial charge in [-0.3, -0.25) is 9.78 Å².